The number of halogens is 6. The average molecular weight is 457 g/mol. The van der Waals surface area contributed by atoms with Gasteiger partial charge < -0.3 is 0 Å². The monoisotopic (exact) mass is 457 g/mol. The van der Waals surface area contributed by atoms with E-state index in [9.17, 15) is 43.2 Å². The first kappa shape index (κ1) is 28.1. The third-order valence-corrected chi connectivity index (χ3v) is 9.57. The molecule has 0 unspecified atom stereocenters. The molecular weight excluding hydrogens is 431 g/mol. The van der Waals surface area contributed by atoms with Gasteiger partial charge in [0, 0.05) is 0 Å². The minimum atomic E-state index is -6.60. The molecule has 0 saturated heterocycles. The molecule has 1 N–H and O–H groups in total. The van der Waals surface area contributed by atoms with Crippen LogP contribution in [-0.2, 0) is 20.0 Å². The van der Waals surface area contributed by atoms with E-state index in [4.69, 9.17) is 0 Å². The summed E-state index contributed by atoms with van der Waals surface area (Å²) in [6, 6.07) is 0. The van der Waals surface area contributed by atoms with Crippen molar-refractivity contribution in [1.82, 2.24) is 4.13 Å². The van der Waals surface area contributed by atoms with Gasteiger partial charge in [-0.1, -0.05) is 4.13 Å². The Hall–Kier alpha value is -0.130. The first-order chi connectivity index (χ1) is 11.0. The molecule has 0 aliphatic carbocycles. The largest absolute Gasteiger partial charge is 0.512 e. The van der Waals surface area contributed by atoms with Crippen LogP contribution < -0.4 is 4.13 Å². The van der Waals surface area contributed by atoms with E-state index in [2.05, 4.69) is 41.0 Å². The Labute approximate surface area is 151 Å². The van der Waals surface area contributed by atoms with Crippen molar-refractivity contribution < 1.29 is 43.2 Å². The minimum Gasteiger partial charge on any atom is -0.202 e. The van der Waals surface area contributed by atoms with Crippen molar-refractivity contribution in [3.8, 4) is 0 Å². The summed E-state index contributed by atoms with van der Waals surface area (Å²) in [7, 11) is -14.0. The van der Waals surface area contributed by atoms with Crippen molar-refractivity contribution in [1.29, 1.82) is 0 Å². The van der Waals surface area contributed by atoms with Crippen LogP contribution in [0, 0.1) is 11.8 Å². The Balaban J connectivity index is 0. The summed E-state index contributed by atoms with van der Waals surface area (Å²) in [6.07, 6.45) is 2.98. The van der Waals surface area contributed by atoms with Crippen molar-refractivity contribution in [3.63, 3.8) is 0 Å². The fourth-order valence-corrected chi connectivity index (χ4v) is 9.03. The average Bonchev–Trinajstić information content (AvgIpc) is 2.19. The quantitative estimate of drug-likeness (QED) is 0.489. The second-order valence-electron chi connectivity index (χ2n) is 7.34. The van der Waals surface area contributed by atoms with Gasteiger partial charge in [-0.3, -0.25) is 0 Å². The maximum atomic E-state index is 11.5. The normalized spacial score (nSPS) is 15.0. The van der Waals surface area contributed by atoms with Crippen molar-refractivity contribution >= 4 is 27.3 Å². The second-order valence-corrected chi connectivity index (χ2v) is 16.1. The van der Waals surface area contributed by atoms with Crippen LogP contribution in [-0.4, -0.2) is 53.5 Å². The third kappa shape index (κ3) is 10.9. The van der Waals surface area contributed by atoms with Crippen LogP contribution in [0.3, 0.4) is 0 Å². The Kier molecular flexibility index (Phi) is 10.1. The van der Waals surface area contributed by atoms with E-state index in [0.717, 1.165) is 11.8 Å². The molecule has 0 heterocycles. The van der Waals surface area contributed by atoms with Crippen LogP contribution >= 0.6 is 7.26 Å². The van der Waals surface area contributed by atoms with Gasteiger partial charge in [-0.2, -0.15) is 26.3 Å². The Morgan fingerprint density at radius 1 is 0.731 bits per heavy atom. The molecule has 0 saturated carbocycles. The summed E-state index contributed by atoms with van der Waals surface area (Å²) in [5, 5.41) is 0. The molecule has 0 aromatic heterocycles. The Bertz CT molecular complexity index is 586. The van der Waals surface area contributed by atoms with E-state index < -0.39 is 42.5 Å². The van der Waals surface area contributed by atoms with Gasteiger partial charge in [0.25, 0.3) is 0 Å². The zero-order valence-corrected chi connectivity index (χ0v) is 17.9. The van der Waals surface area contributed by atoms with E-state index in [1.165, 1.54) is 12.3 Å². The molecule has 0 aliphatic rings. The Morgan fingerprint density at radius 3 is 1.12 bits per heavy atom. The zero-order chi connectivity index (χ0) is 21.8. The topological polar surface area (TPSA) is 80.3 Å². The summed E-state index contributed by atoms with van der Waals surface area (Å²) >= 11 is 0. The third-order valence-electron chi connectivity index (χ3n) is 2.75. The summed E-state index contributed by atoms with van der Waals surface area (Å²) in [4.78, 5) is 0. The van der Waals surface area contributed by atoms with E-state index in [1.54, 1.807) is 0 Å². The first-order valence-electron chi connectivity index (χ1n) is 7.45. The molecule has 162 valence electrons. The van der Waals surface area contributed by atoms with E-state index in [-0.39, 0.29) is 0 Å². The fourth-order valence-electron chi connectivity index (χ4n) is 2.53. The van der Waals surface area contributed by atoms with Crippen molar-refractivity contribution in [2.24, 2.45) is 11.8 Å². The standard InChI is InChI=1S/C10H25P.C2HF6NO4S2/c1-9(2)7-11(5,6)8-10(3)4;3-1(4,5)14(10,11)9-15(12,13)2(6,7)8/h9-11H,7-8H2,1-6H3;9H. The SMILES string of the molecule is CC(C)C[PH](C)(C)CC(C)C.O=S(=O)(NS(=O)(=O)C(F)(F)F)C(F)(F)F. The predicted molar refractivity (Wildman–Crippen MR) is 92.7 cm³/mol. The molecule has 0 radical (unpaired) electrons. The number of hydrogen-bond donors (Lipinski definition) is 1. The first-order valence-corrected chi connectivity index (χ1v) is 13.8. The van der Waals surface area contributed by atoms with Crippen LogP contribution in [0.15, 0.2) is 0 Å². The van der Waals surface area contributed by atoms with Gasteiger partial charge in [0.2, 0.25) is 0 Å². The van der Waals surface area contributed by atoms with Crippen molar-refractivity contribution in [2.75, 3.05) is 25.7 Å². The second kappa shape index (κ2) is 9.38. The van der Waals surface area contributed by atoms with Crippen molar-refractivity contribution in [2.45, 2.75) is 38.7 Å². The summed E-state index contributed by atoms with van der Waals surface area (Å²) in [5.74, 6) is 1.80. The van der Waals surface area contributed by atoms with Crippen molar-refractivity contribution in [3.05, 3.63) is 0 Å². The number of nitrogens with one attached hydrogen (secondary N) is 1. The summed E-state index contributed by atoms with van der Waals surface area (Å²) < 4.78 is 108. The zero-order valence-electron chi connectivity index (χ0n) is 15.3. The Morgan fingerprint density at radius 2 is 0.962 bits per heavy atom. The van der Waals surface area contributed by atoms with Gasteiger partial charge in [0.05, 0.1) is 0 Å². The van der Waals surface area contributed by atoms with Crippen LogP contribution in [0.4, 0.5) is 26.3 Å². The van der Waals surface area contributed by atoms with Gasteiger partial charge in [-0.05, 0) is 0 Å². The van der Waals surface area contributed by atoms with Crippen LogP contribution in [0.1, 0.15) is 27.7 Å². The molecule has 0 aromatic rings. The van der Waals surface area contributed by atoms with Crippen LogP contribution in [0.5, 0.6) is 0 Å². The molecule has 0 atom stereocenters. The van der Waals surface area contributed by atoms with E-state index in [0.29, 0.717) is 0 Å². The molecule has 0 spiro atoms. The van der Waals surface area contributed by atoms with Crippen LogP contribution in [0.25, 0.3) is 0 Å². The summed E-state index contributed by atoms with van der Waals surface area (Å²) in [6.45, 7) is 14.4. The van der Waals surface area contributed by atoms with Gasteiger partial charge in [-0.25, -0.2) is 16.8 Å². The van der Waals surface area contributed by atoms with Gasteiger partial charge >= 0.3 is 104 Å². The minimum absolute atomic E-state index is 0.493. The molecule has 0 aliphatic heterocycles. The van der Waals surface area contributed by atoms with Crippen LogP contribution in [0.2, 0.25) is 0 Å². The molecule has 14 heteroatoms. The molecule has 0 rings (SSSR count). The molecule has 5 nitrogen and oxygen atoms in total. The molecule has 26 heavy (non-hydrogen) atoms. The number of sulfonamides is 2. The fraction of sp³-hybridized carbons (Fsp3) is 1.00. The number of rotatable bonds is 6. The molecule has 0 amide bonds. The number of alkyl halides is 6. The molecular formula is C12H26F6NO4PS2. The predicted octanol–water partition coefficient (Wildman–Crippen LogP) is 3.58. The van der Waals surface area contributed by atoms with Gasteiger partial charge in [-0.15, -0.1) is 0 Å². The maximum Gasteiger partial charge on any atom is 0.512 e. The number of hydrogen-bond acceptors (Lipinski definition) is 4. The molecule has 0 aromatic carbocycles. The smallest absolute Gasteiger partial charge is 0.202 e. The van der Waals surface area contributed by atoms with E-state index in [1.807, 2.05) is 0 Å². The molecule has 0 bridgehead atoms. The maximum absolute atomic E-state index is 11.5. The van der Waals surface area contributed by atoms with Gasteiger partial charge in [0.15, 0.2) is 0 Å². The van der Waals surface area contributed by atoms with E-state index >= 15 is 0 Å². The molecule has 0 fully saturated rings. The summed E-state index contributed by atoms with van der Waals surface area (Å²) in [5.41, 5.74) is -12.3. The van der Waals surface area contributed by atoms with Gasteiger partial charge in [0.1, 0.15) is 0 Å².